The van der Waals surface area contributed by atoms with Crippen LogP contribution in [0.15, 0.2) is 36.4 Å². The molecule has 2 saturated heterocycles. The summed E-state index contributed by atoms with van der Waals surface area (Å²) in [5, 5.41) is 11.2. The molecule has 0 unspecified atom stereocenters. The Morgan fingerprint density at radius 1 is 1.12 bits per heavy atom. The first-order valence-electron chi connectivity index (χ1n) is 15.8. The molecule has 3 N–H and O–H groups in total. The molecule has 3 aliphatic rings. The lowest BCUT2D eigenvalue weighted by Gasteiger charge is -2.56. The van der Waals surface area contributed by atoms with E-state index in [4.69, 9.17) is 9.47 Å². The molecule has 43 heavy (non-hydrogen) atoms. The van der Waals surface area contributed by atoms with Gasteiger partial charge in [0, 0.05) is 56.4 Å². The van der Waals surface area contributed by atoms with Gasteiger partial charge in [-0.15, -0.1) is 11.3 Å². The first kappa shape index (κ1) is 29.8. The fraction of sp³-hybridized carbons (Fsp3) is 0.514. The molecule has 0 bridgehead atoms. The molecular formula is C35H44N4O3S. The molecule has 1 amide bonds. The number of aryl methyl sites for hydroxylation is 1. The molecule has 3 heterocycles. The number of ether oxygens (including phenoxy) is 2. The van der Waals surface area contributed by atoms with Gasteiger partial charge in [0.15, 0.2) is 0 Å². The Kier molecular flexibility index (Phi) is 9.13. The van der Waals surface area contributed by atoms with Gasteiger partial charge >= 0.3 is 0 Å². The van der Waals surface area contributed by atoms with E-state index >= 15 is 0 Å². The van der Waals surface area contributed by atoms with Gasteiger partial charge in [-0.1, -0.05) is 30.9 Å². The molecule has 1 aliphatic carbocycles. The van der Waals surface area contributed by atoms with Crippen molar-refractivity contribution in [3.05, 3.63) is 52.4 Å². The van der Waals surface area contributed by atoms with Crippen LogP contribution < -0.4 is 20.7 Å². The van der Waals surface area contributed by atoms with Gasteiger partial charge in [0.1, 0.15) is 5.75 Å². The van der Waals surface area contributed by atoms with Gasteiger partial charge in [0.2, 0.25) is 0 Å². The Hall–Kier alpha value is -3.25. The second-order valence-electron chi connectivity index (χ2n) is 12.3. The van der Waals surface area contributed by atoms with E-state index in [0.29, 0.717) is 29.3 Å². The summed E-state index contributed by atoms with van der Waals surface area (Å²) in [6.45, 7) is 7.16. The van der Waals surface area contributed by atoms with E-state index in [1.165, 1.54) is 73.0 Å². The van der Waals surface area contributed by atoms with E-state index in [9.17, 15) is 4.79 Å². The molecule has 1 saturated carbocycles. The Morgan fingerprint density at radius 2 is 1.91 bits per heavy atom. The van der Waals surface area contributed by atoms with Gasteiger partial charge in [-0.05, 0) is 80.2 Å². The van der Waals surface area contributed by atoms with Crippen LogP contribution in [0.2, 0.25) is 0 Å². The Morgan fingerprint density at radius 3 is 2.63 bits per heavy atom. The highest BCUT2D eigenvalue weighted by atomic mass is 32.1. The Balaban J connectivity index is 1.08. The van der Waals surface area contributed by atoms with E-state index < -0.39 is 0 Å². The summed E-state index contributed by atoms with van der Waals surface area (Å²) >= 11 is 1.80. The molecule has 7 nitrogen and oxygen atoms in total. The minimum atomic E-state index is -0.140. The molecule has 228 valence electrons. The fourth-order valence-electron chi connectivity index (χ4n) is 7.12. The highest BCUT2D eigenvalue weighted by Crippen LogP contribution is 2.43. The van der Waals surface area contributed by atoms with E-state index in [-0.39, 0.29) is 5.91 Å². The average Bonchev–Trinajstić information content (AvgIpc) is 3.40. The van der Waals surface area contributed by atoms with Gasteiger partial charge in [-0.3, -0.25) is 9.69 Å². The number of nitrogens with zero attached hydrogens (tertiary/aromatic N) is 1. The monoisotopic (exact) mass is 600 g/mol. The largest absolute Gasteiger partial charge is 0.495 e. The van der Waals surface area contributed by atoms with Crippen molar-refractivity contribution in [1.82, 2.24) is 10.2 Å². The number of thiophene rings is 1. The van der Waals surface area contributed by atoms with Gasteiger partial charge in [-0.25, -0.2) is 0 Å². The number of methoxy groups -OCH3 is 1. The second-order valence-corrected chi connectivity index (χ2v) is 13.3. The fourth-order valence-corrected chi connectivity index (χ4v) is 8.37. The Bertz CT molecular complexity index is 1500. The van der Waals surface area contributed by atoms with Crippen LogP contribution in [0, 0.1) is 17.3 Å². The first-order chi connectivity index (χ1) is 21.0. The maximum absolute atomic E-state index is 12.0. The van der Waals surface area contributed by atoms with Crippen LogP contribution in [0.5, 0.6) is 5.75 Å². The maximum Gasteiger partial charge on any atom is 0.251 e. The van der Waals surface area contributed by atoms with Crippen molar-refractivity contribution in [2.75, 3.05) is 57.6 Å². The zero-order valence-corrected chi connectivity index (χ0v) is 26.5. The summed E-state index contributed by atoms with van der Waals surface area (Å²) in [7, 11) is 3.23. The number of likely N-dealkylation sites (tertiary alicyclic amines) is 1. The van der Waals surface area contributed by atoms with Crippen molar-refractivity contribution < 1.29 is 14.3 Å². The van der Waals surface area contributed by atoms with Crippen LogP contribution in [0.1, 0.15) is 66.2 Å². The zero-order chi connectivity index (χ0) is 29.8. The molecule has 0 atom stereocenters. The molecule has 2 aliphatic heterocycles. The minimum absolute atomic E-state index is 0.140. The highest BCUT2D eigenvalue weighted by molar-refractivity contribution is 7.20. The maximum atomic E-state index is 12.0. The second kappa shape index (κ2) is 13.2. The van der Waals surface area contributed by atoms with Crippen molar-refractivity contribution in [3.63, 3.8) is 0 Å². The number of nitrogens with one attached hydrogen (secondary N) is 3. The SMILES string of the molecule is CCc1c(C#CCNc2ccc(C(=O)NC)cc2OC)sc2c(NC3CCC(N4CC5(CCOCC5)C4)CC3)cccc12. The lowest BCUT2D eigenvalue weighted by atomic mass is 9.71. The lowest BCUT2D eigenvalue weighted by Crippen LogP contribution is -2.62. The number of amides is 1. The van der Waals surface area contributed by atoms with Crippen LogP contribution in [0.4, 0.5) is 11.4 Å². The molecule has 3 aromatic rings. The molecule has 3 fully saturated rings. The quantitative estimate of drug-likeness (QED) is 0.270. The smallest absolute Gasteiger partial charge is 0.251 e. The van der Waals surface area contributed by atoms with Crippen molar-refractivity contribution in [2.24, 2.45) is 5.41 Å². The standard InChI is InChI=1S/C35H44N4O3S/c1-4-27-28-7-5-8-30(38-25-11-13-26(14-12-25)39-22-35(23-39)16-19-42-20-17-35)33(28)43-32(27)9-6-18-37-29-15-10-24(34(40)36-2)21-31(29)41-3/h5,7-8,10,15,21,25-26,37-38H,4,11-14,16-20,22-23H2,1-3H3,(H,36,40). The molecule has 0 radical (unpaired) electrons. The number of hydrogen-bond donors (Lipinski definition) is 3. The van der Waals surface area contributed by atoms with Gasteiger partial charge in [0.25, 0.3) is 5.91 Å². The number of hydrogen-bond acceptors (Lipinski definition) is 7. The summed E-state index contributed by atoms with van der Waals surface area (Å²) in [6.07, 6.45) is 8.47. The number of fused-ring (bicyclic) bond motifs is 1. The van der Waals surface area contributed by atoms with Crippen LogP contribution >= 0.6 is 11.3 Å². The van der Waals surface area contributed by atoms with Gasteiger partial charge in [0.05, 0.1) is 34.6 Å². The first-order valence-corrected chi connectivity index (χ1v) is 16.6. The number of carbonyl (C=O) groups is 1. The molecular weight excluding hydrogens is 556 g/mol. The third-order valence-corrected chi connectivity index (χ3v) is 10.8. The predicted octanol–water partition coefficient (Wildman–Crippen LogP) is 6.13. The summed E-state index contributed by atoms with van der Waals surface area (Å²) in [4.78, 5) is 15.9. The van der Waals surface area contributed by atoms with Crippen LogP contribution in [-0.2, 0) is 11.2 Å². The van der Waals surface area contributed by atoms with Crippen molar-refractivity contribution in [2.45, 2.75) is 64.0 Å². The van der Waals surface area contributed by atoms with Gasteiger partial charge in [-0.2, -0.15) is 0 Å². The molecule has 1 aromatic heterocycles. The van der Waals surface area contributed by atoms with Crippen molar-refractivity contribution >= 4 is 38.7 Å². The van der Waals surface area contributed by atoms with Crippen LogP contribution in [0.3, 0.4) is 0 Å². The summed E-state index contributed by atoms with van der Waals surface area (Å²) < 4.78 is 12.4. The number of benzene rings is 2. The number of anilines is 2. The zero-order valence-electron chi connectivity index (χ0n) is 25.7. The molecule has 6 rings (SSSR count). The van der Waals surface area contributed by atoms with Gasteiger partial charge < -0.3 is 25.4 Å². The molecule has 1 spiro atoms. The summed E-state index contributed by atoms with van der Waals surface area (Å²) in [5.74, 6) is 7.25. The number of carbonyl (C=O) groups excluding carboxylic acids is 1. The van der Waals surface area contributed by atoms with Crippen molar-refractivity contribution in [1.29, 1.82) is 0 Å². The van der Waals surface area contributed by atoms with Crippen LogP contribution in [-0.4, -0.2) is 69.9 Å². The molecule has 2 aromatic carbocycles. The molecule has 8 heteroatoms. The average molecular weight is 601 g/mol. The topological polar surface area (TPSA) is 74.9 Å². The normalized spacial score (nSPS) is 21.5. The van der Waals surface area contributed by atoms with Crippen LogP contribution in [0.25, 0.3) is 10.1 Å². The predicted molar refractivity (Wildman–Crippen MR) is 177 cm³/mol. The van der Waals surface area contributed by atoms with E-state index in [1.54, 1.807) is 37.6 Å². The van der Waals surface area contributed by atoms with Crippen molar-refractivity contribution in [3.8, 4) is 17.6 Å². The third kappa shape index (κ3) is 6.35. The van der Waals surface area contributed by atoms with E-state index in [2.05, 4.69) is 57.8 Å². The Labute approximate surface area is 259 Å². The number of rotatable bonds is 8. The van der Waals surface area contributed by atoms with E-state index in [1.807, 2.05) is 6.07 Å². The highest BCUT2D eigenvalue weighted by Gasteiger charge is 2.46. The van der Waals surface area contributed by atoms with E-state index in [0.717, 1.165) is 36.2 Å². The lowest BCUT2D eigenvalue weighted by molar-refractivity contribution is -0.102. The third-order valence-electron chi connectivity index (χ3n) is 9.64. The summed E-state index contributed by atoms with van der Waals surface area (Å²) in [5.41, 5.74) is 4.51. The minimum Gasteiger partial charge on any atom is -0.495 e. The summed E-state index contributed by atoms with van der Waals surface area (Å²) in [6, 6.07) is 13.3.